The average Bonchev–Trinajstić information content (AvgIpc) is 2.34. The number of allylic oxidation sites excluding steroid dienone is 6. The number of alkyl halides is 1. The lowest BCUT2D eigenvalue weighted by molar-refractivity contribution is 0.636. The molecular weight excluding hydrogens is 201 g/mol. The Morgan fingerprint density at radius 3 is 2.12 bits per heavy atom. The van der Waals surface area contributed by atoms with Gasteiger partial charge in [-0.3, -0.25) is 4.39 Å². The van der Waals surface area contributed by atoms with Crippen LogP contribution in [0.15, 0.2) is 73.4 Å². The first-order valence-corrected chi connectivity index (χ1v) is 4.74. The molecule has 2 heteroatoms. The summed E-state index contributed by atoms with van der Waals surface area (Å²) in [7, 11) is 0.500. The van der Waals surface area contributed by atoms with Crippen LogP contribution in [0.25, 0.3) is 0 Å². The molecular formula is C14H20FN. The van der Waals surface area contributed by atoms with Gasteiger partial charge in [0.15, 0.2) is 0 Å². The second kappa shape index (κ2) is 11.4. The molecule has 0 heterocycles. The highest BCUT2D eigenvalue weighted by atomic mass is 19.1. The van der Waals surface area contributed by atoms with Crippen LogP contribution in [0.3, 0.4) is 0 Å². The first-order chi connectivity index (χ1) is 7.67. The Labute approximate surface area is 97.9 Å². The zero-order valence-electron chi connectivity index (χ0n) is 9.88. The predicted molar refractivity (Wildman–Crippen MR) is 72.0 cm³/mol. The van der Waals surface area contributed by atoms with E-state index in [0.717, 1.165) is 16.7 Å². The highest BCUT2D eigenvalue weighted by Crippen LogP contribution is 2.16. The molecule has 0 spiro atoms. The third-order valence-electron chi connectivity index (χ3n) is 1.75. The summed E-state index contributed by atoms with van der Waals surface area (Å²) < 4.78 is 9.50. The monoisotopic (exact) mass is 221 g/mol. The molecule has 0 aliphatic carbocycles. The first kappa shape index (κ1) is 16.7. The van der Waals surface area contributed by atoms with E-state index in [1.54, 1.807) is 12.2 Å². The van der Waals surface area contributed by atoms with Crippen molar-refractivity contribution in [1.82, 2.24) is 0 Å². The lowest BCUT2D eigenvalue weighted by atomic mass is 10.00. The lowest BCUT2D eigenvalue weighted by Crippen LogP contribution is -2.05. The fourth-order valence-corrected chi connectivity index (χ4v) is 0.925. The van der Waals surface area contributed by atoms with Crippen molar-refractivity contribution in [2.24, 2.45) is 5.73 Å². The van der Waals surface area contributed by atoms with Crippen LogP contribution in [-0.4, -0.2) is 13.7 Å². The van der Waals surface area contributed by atoms with Gasteiger partial charge in [-0.05, 0) is 16.7 Å². The van der Waals surface area contributed by atoms with Crippen LogP contribution < -0.4 is 5.73 Å². The fourth-order valence-electron chi connectivity index (χ4n) is 0.925. The van der Waals surface area contributed by atoms with Gasteiger partial charge < -0.3 is 5.73 Å². The number of rotatable bonds is 6. The first-order valence-electron chi connectivity index (χ1n) is 4.74. The highest BCUT2D eigenvalue weighted by Gasteiger charge is 2.01. The normalized spacial score (nSPS) is 10.3. The molecule has 0 fully saturated rings. The van der Waals surface area contributed by atoms with Gasteiger partial charge in [0.05, 0.1) is 7.18 Å². The number of hydrogen-bond acceptors (Lipinski definition) is 1. The molecule has 0 aromatic heterocycles. The summed E-state index contributed by atoms with van der Waals surface area (Å²) in [6.07, 6.45) is 8.89. The Hall–Kier alpha value is -1.67. The minimum Gasteiger partial charge on any atom is -0.326 e. The van der Waals surface area contributed by atoms with Gasteiger partial charge >= 0.3 is 0 Å². The third-order valence-corrected chi connectivity index (χ3v) is 1.75. The molecule has 0 aromatic carbocycles. The fraction of sp³-hybridized carbons (Fsp3) is 0.143. The van der Waals surface area contributed by atoms with Crippen molar-refractivity contribution in [2.45, 2.75) is 0 Å². The number of hydrogen-bond donors (Lipinski definition) is 1. The van der Waals surface area contributed by atoms with E-state index in [1.807, 2.05) is 18.2 Å². The molecule has 88 valence electrons. The maximum atomic E-state index is 9.50. The summed E-state index contributed by atoms with van der Waals surface area (Å²) in [5.41, 5.74) is 8.18. The Morgan fingerprint density at radius 2 is 1.75 bits per heavy atom. The maximum absolute atomic E-state index is 9.50. The van der Waals surface area contributed by atoms with Crippen LogP contribution in [0.5, 0.6) is 0 Å². The Balaban J connectivity index is 0. The molecule has 0 saturated carbocycles. The quantitative estimate of drug-likeness (QED) is 0.682. The molecule has 0 bridgehead atoms. The second-order valence-corrected chi connectivity index (χ2v) is 2.73. The van der Waals surface area contributed by atoms with Crippen molar-refractivity contribution in [3.8, 4) is 0 Å². The lowest BCUT2D eigenvalue weighted by Gasteiger charge is -2.07. The van der Waals surface area contributed by atoms with Crippen molar-refractivity contribution in [1.29, 1.82) is 0 Å². The molecule has 0 radical (unpaired) electrons. The smallest absolute Gasteiger partial charge is 0.0785 e. The van der Waals surface area contributed by atoms with E-state index < -0.39 is 0 Å². The van der Waals surface area contributed by atoms with Crippen molar-refractivity contribution in [2.75, 3.05) is 13.7 Å². The van der Waals surface area contributed by atoms with Crippen molar-refractivity contribution >= 4 is 0 Å². The van der Waals surface area contributed by atoms with Crippen molar-refractivity contribution < 1.29 is 4.39 Å². The highest BCUT2D eigenvalue weighted by molar-refractivity contribution is 5.50. The van der Waals surface area contributed by atoms with E-state index in [-0.39, 0.29) is 0 Å². The molecule has 2 N–H and O–H groups in total. The molecule has 16 heavy (non-hydrogen) atoms. The summed E-state index contributed by atoms with van der Waals surface area (Å²) in [6, 6.07) is 0. The van der Waals surface area contributed by atoms with E-state index >= 15 is 0 Å². The number of nitrogens with two attached hydrogens (primary N) is 1. The van der Waals surface area contributed by atoms with Gasteiger partial charge in [-0.25, -0.2) is 0 Å². The van der Waals surface area contributed by atoms with E-state index in [1.165, 1.54) is 0 Å². The van der Waals surface area contributed by atoms with Gasteiger partial charge in [0.2, 0.25) is 0 Å². The second-order valence-electron chi connectivity index (χ2n) is 2.73. The minimum atomic E-state index is 0.436. The Morgan fingerprint density at radius 1 is 1.19 bits per heavy atom. The van der Waals surface area contributed by atoms with Crippen molar-refractivity contribution in [3.63, 3.8) is 0 Å². The molecule has 1 nitrogen and oxygen atoms in total. The van der Waals surface area contributed by atoms with Crippen LogP contribution >= 0.6 is 0 Å². The summed E-state index contributed by atoms with van der Waals surface area (Å²) in [4.78, 5) is 0. The average molecular weight is 221 g/mol. The molecule has 0 aliphatic rings. The number of halogens is 1. The van der Waals surface area contributed by atoms with E-state index in [2.05, 4.69) is 26.3 Å². The van der Waals surface area contributed by atoms with Crippen LogP contribution in [0.2, 0.25) is 0 Å². The third kappa shape index (κ3) is 6.74. The molecule has 0 unspecified atom stereocenters. The minimum absolute atomic E-state index is 0.436. The standard InChI is InChI=1S/C13H17N.CH3F/c1-5-7-9-11(3)12(4)13(10-14)8-6-2;1-2/h5-9H,1-4,10,14H2;1H3/b9-7-,13-8-;. The Kier molecular flexibility index (Phi) is 11.9. The molecule has 0 amide bonds. The SMILES string of the molecule is C=C/C=C\C(=C)C(=C)/C(=C\C=C)CN.CF. The van der Waals surface area contributed by atoms with E-state index in [0.29, 0.717) is 13.7 Å². The topological polar surface area (TPSA) is 26.0 Å². The van der Waals surface area contributed by atoms with E-state index in [4.69, 9.17) is 5.73 Å². The summed E-state index contributed by atoms with van der Waals surface area (Å²) in [5, 5.41) is 0. The van der Waals surface area contributed by atoms with Gasteiger partial charge in [0.25, 0.3) is 0 Å². The van der Waals surface area contributed by atoms with Crippen molar-refractivity contribution in [3.05, 3.63) is 73.4 Å². The van der Waals surface area contributed by atoms with E-state index in [9.17, 15) is 4.39 Å². The Bertz CT molecular complexity index is 309. The molecule has 0 rings (SSSR count). The van der Waals surface area contributed by atoms with Crippen LogP contribution in [0, 0.1) is 0 Å². The van der Waals surface area contributed by atoms with Gasteiger partial charge in [-0.1, -0.05) is 56.7 Å². The van der Waals surface area contributed by atoms with Crippen LogP contribution in [0.1, 0.15) is 0 Å². The largest absolute Gasteiger partial charge is 0.326 e. The maximum Gasteiger partial charge on any atom is 0.0785 e. The molecule has 0 aliphatic heterocycles. The zero-order chi connectivity index (χ0) is 13.0. The summed E-state index contributed by atoms with van der Waals surface area (Å²) in [5.74, 6) is 0. The summed E-state index contributed by atoms with van der Waals surface area (Å²) in [6.45, 7) is 15.4. The molecule has 0 aromatic rings. The van der Waals surface area contributed by atoms with Gasteiger partial charge in [-0.2, -0.15) is 0 Å². The molecule has 0 atom stereocenters. The zero-order valence-corrected chi connectivity index (χ0v) is 9.88. The van der Waals surface area contributed by atoms with Crippen LogP contribution in [-0.2, 0) is 0 Å². The van der Waals surface area contributed by atoms with Gasteiger partial charge in [-0.15, -0.1) is 0 Å². The van der Waals surface area contributed by atoms with Gasteiger partial charge in [0.1, 0.15) is 0 Å². The van der Waals surface area contributed by atoms with Gasteiger partial charge in [0, 0.05) is 6.54 Å². The van der Waals surface area contributed by atoms with Crippen LogP contribution in [0.4, 0.5) is 4.39 Å². The predicted octanol–water partition coefficient (Wildman–Crippen LogP) is 3.50. The molecule has 0 saturated heterocycles. The summed E-state index contributed by atoms with van der Waals surface area (Å²) >= 11 is 0.